The molecule has 0 heterocycles. The Morgan fingerprint density at radius 1 is 1.18 bits per heavy atom. The van der Waals surface area contributed by atoms with E-state index in [1.54, 1.807) is 32.9 Å². The second-order valence-corrected chi connectivity index (χ2v) is 10.0. The number of carbonyl (C=O) groups is 1. The van der Waals surface area contributed by atoms with Crippen molar-refractivity contribution in [2.45, 2.75) is 38.1 Å². The molecule has 28 heavy (non-hydrogen) atoms. The predicted molar refractivity (Wildman–Crippen MR) is 115 cm³/mol. The number of nitrogens with one attached hydrogen (secondary N) is 2. The van der Waals surface area contributed by atoms with E-state index >= 15 is 0 Å². The Morgan fingerprint density at radius 2 is 1.79 bits per heavy atom. The highest BCUT2D eigenvalue weighted by Gasteiger charge is 2.22. The Morgan fingerprint density at radius 3 is 2.32 bits per heavy atom. The topological polar surface area (TPSA) is 84.5 Å². The Balaban J connectivity index is 2.25. The smallest absolute Gasteiger partial charge is 0.255 e. The Kier molecular flexibility index (Phi) is 7.14. The quantitative estimate of drug-likeness (QED) is 0.609. The van der Waals surface area contributed by atoms with Crippen LogP contribution in [0.25, 0.3) is 0 Å². The molecule has 2 aromatic carbocycles. The zero-order valence-corrected chi connectivity index (χ0v) is 19.1. The van der Waals surface area contributed by atoms with E-state index in [4.69, 9.17) is 16.3 Å². The van der Waals surface area contributed by atoms with E-state index in [9.17, 15) is 13.2 Å². The molecule has 0 radical (unpaired) electrons. The van der Waals surface area contributed by atoms with Crippen molar-refractivity contribution in [3.63, 3.8) is 0 Å². The standard InChI is InChI=1S/C19H22BrClN2O4S/c1-5-27-17-15(20)10-13(21)11-16(17)22-18(24)12-6-8-14(9-7-12)28(25,26)23-19(2,3)4/h6-11,23H,5H2,1-4H3,(H,22,24). The third-order valence-corrected chi connectivity index (χ3v) is 5.99. The van der Waals surface area contributed by atoms with Gasteiger partial charge in [0.05, 0.1) is 21.7 Å². The van der Waals surface area contributed by atoms with Gasteiger partial charge < -0.3 is 10.1 Å². The Bertz CT molecular complexity index is 971. The zero-order valence-electron chi connectivity index (χ0n) is 16.0. The van der Waals surface area contributed by atoms with Crippen LogP contribution in [-0.4, -0.2) is 26.5 Å². The van der Waals surface area contributed by atoms with E-state index in [2.05, 4.69) is 26.0 Å². The molecule has 9 heteroatoms. The summed E-state index contributed by atoms with van der Waals surface area (Å²) in [5, 5.41) is 3.18. The molecule has 0 saturated carbocycles. The van der Waals surface area contributed by atoms with Crippen molar-refractivity contribution >= 4 is 49.1 Å². The Hall–Kier alpha value is -1.61. The number of sulfonamides is 1. The van der Waals surface area contributed by atoms with Gasteiger partial charge in [0.2, 0.25) is 10.0 Å². The van der Waals surface area contributed by atoms with E-state index in [1.807, 2.05) is 6.92 Å². The summed E-state index contributed by atoms with van der Waals surface area (Å²) >= 11 is 9.43. The van der Waals surface area contributed by atoms with Gasteiger partial charge in [-0.1, -0.05) is 11.6 Å². The molecule has 0 spiro atoms. The average molecular weight is 490 g/mol. The fourth-order valence-corrected chi connectivity index (χ4v) is 4.73. The number of rotatable bonds is 6. The van der Waals surface area contributed by atoms with E-state index in [0.717, 1.165) is 0 Å². The lowest BCUT2D eigenvalue weighted by Gasteiger charge is -2.20. The number of anilines is 1. The zero-order chi connectivity index (χ0) is 21.1. The highest BCUT2D eigenvalue weighted by molar-refractivity contribution is 9.10. The van der Waals surface area contributed by atoms with Gasteiger partial charge in [-0.25, -0.2) is 13.1 Å². The molecule has 2 rings (SSSR count). The van der Waals surface area contributed by atoms with Crippen molar-refractivity contribution < 1.29 is 17.9 Å². The Labute approximate surface area is 178 Å². The molecule has 152 valence electrons. The molecule has 0 aliphatic carbocycles. The molecule has 6 nitrogen and oxygen atoms in total. The van der Waals surface area contributed by atoms with Crippen LogP contribution in [0.5, 0.6) is 5.75 Å². The predicted octanol–water partition coefficient (Wildman–Crippen LogP) is 4.83. The number of benzene rings is 2. The fraction of sp³-hybridized carbons (Fsp3) is 0.316. The number of hydrogen-bond acceptors (Lipinski definition) is 4. The first-order valence-electron chi connectivity index (χ1n) is 8.50. The summed E-state index contributed by atoms with van der Waals surface area (Å²) in [5.41, 5.74) is 0.107. The molecular weight excluding hydrogens is 468 g/mol. The summed E-state index contributed by atoms with van der Waals surface area (Å²) in [6.45, 7) is 7.51. The average Bonchev–Trinajstić information content (AvgIpc) is 2.56. The maximum atomic E-state index is 12.6. The SMILES string of the molecule is CCOc1c(Br)cc(Cl)cc1NC(=O)c1ccc(S(=O)(=O)NC(C)(C)C)cc1. The molecule has 1 amide bonds. The lowest BCUT2D eigenvalue weighted by molar-refractivity contribution is 0.102. The van der Waals surface area contributed by atoms with Gasteiger partial charge >= 0.3 is 0 Å². The first kappa shape index (κ1) is 22.7. The normalized spacial score (nSPS) is 11.9. The number of hydrogen-bond donors (Lipinski definition) is 2. The molecule has 0 unspecified atom stereocenters. The van der Waals surface area contributed by atoms with Gasteiger partial charge in [0.1, 0.15) is 0 Å². The van der Waals surface area contributed by atoms with Crippen LogP contribution in [0.3, 0.4) is 0 Å². The lowest BCUT2D eigenvalue weighted by Crippen LogP contribution is -2.40. The van der Waals surface area contributed by atoms with Crippen LogP contribution in [0.15, 0.2) is 45.8 Å². The summed E-state index contributed by atoms with van der Waals surface area (Å²) in [6.07, 6.45) is 0. The highest BCUT2D eigenvalue weighted by Crippen LogP contribution is 2.36. The van der Waals surface area contributed by atoms with Gasteiger partial charge in [-0.05, 0) is 80.0 Å². The molecule has 0 atom stereocenters. The molecule has 0 fully saturated rings. The summed E-state index contributed by atoms with van der Waals surface area (Å²) in [5.74, 6) is 0.0525. The monoisotopic (exact) mass is 488 g/mol. The van der Waals surface area contributed by atoms with E-state index < -0.39 is 21.5 Å². The minimum Gasteiger partial charge on any atom is -0.491 e. The molecule has 2 N–H and O–H groups in total. The molecule has 0 aromatic heterocycles. The van der Waals surface area contributed by atoms with E-state index in [-0.39, 0.29) is 4.90 Å². The van der Waals surface area contributed by atoms with Gasteiger partial charge in [0.25, 0.3) is 5.91 Å². The van der Waals surface area contributed by atoms with E-state index in [0.29, 0.717) is 33.1 Å². The van der Waals surface area contributed by atoms with Crippen molar-refractivity contribution in [2.75, 3.05) is 11.9 Å². The molecular formula is C19H22BrClN2O4S. The highest BCUT2D eigenvalue weighted by atomic mass is 79.9. The van der Waals surface area contributed by atoms with Crippen molar-refractivity contribution in [3.05, 3.63) is 51.5 Å². The second-order valence-electron chi connectivity index (χ2n) is 7.03. The van der Waals surface area contributed by atoms with Gasteiger partial charge in [-0.15, -0.1) is 0 Å². The van der Waals surface area contributed by atoms with Crippen LogP contribution in [-0.2, 0) is 10.0 Å². The second kappa shape index (κ2) is 8.82. The van der Waals surface area contributed by atoms with Crippen molar-refractivity contribution in [1.29, 1.82) is 0 Å². The van der Waals surface area contributed by atoms with Gasteiger partial charge in [-0.2, -0.15) is 0 Å². The number of ether oxygens (including phenoxy) is 1. The summed E-state index contributed by atoms with van der Waals surface area (Å²) in [6, 6.07) is 8.94. The molecule has 0 bridgehead atoms. The summed E-state index contributed by atoms with van der Waals surface area (Å²) in [4.78, 5) is 12.7. The van der Waals surface area contributed by atoms with E-state index in [1.165, 1.54) is 24.3 Å². The van der Waals surface area contributed by atoms with Gasteiger partial charge in [0.15, 0.2) is 5.75 Å². The maximum absolute atomic E-state index is 12.6. The number of amides is 1. The number of halogens is 2. The molecule has 0 aliphatic heterocycles. The third-order valence-electron chi connectivity index (χ3n) is 3.41. The largest absolute Gasteiger partial charge is 0.491 e. The lowest BCUT2D eigenvalue weighted by atomic mass is 10.1. The minimum atomic E-state index is -3.67. The van der Waals surface area contributed by atoms with Crippen LogP contribution in [0, 0.1) is 0 Å². The van der Waals surface area contributed by atoms with Crippen molar-refractivity contribution in [1.82, 2.24) is 4.72 Å². The maximum Gasteiger partial charge on any atom is 0.255 e. The summed E-state index contributed by atoms with van der Waals surface area (Å²) in [7, 11) is -3.67. The van der Waals surface area contributed by atoms with Crippen LogP contribution in [0.1, 0.15) is 38.1 Å². The first-order valence-corrected chi connectivity index (χ1v) is 11.2. The minimum absolute atomic E-state index is 0.0829. The number of carbonyl (C=O) groups excluding carboxylic acids is 1. The van der Waals surface area contributed by atoms with Crippen LogP contribution < -0.4 is 14.8 Å². The first-order chi connectivity index (χ1) is 12.9. The summed E-state index contributed by atoms with van der Waals surface area (Å²) < 4.78 is 33.5. The van der Waals surface area contributed by atoms with Crippen LogP contribution in [0.2, 0.25) is 5.02 Å². The fourth-order valence-electron chi connectivity index (χ4n) is 2.39. The van der Waals surface area contributed by atoms with Gasteiger partial charge in [0, 0.05) is 16.1 Å². The van der Waals surface area contributed by atoms with Crippen molar-refractivity contribution in [3.8, 4) is 5.75 Å². The molecule has 2 aromatic rings. The third kappa shape index (κ3) is 5.94. The van der Waals surface area contributed by atoms with Crippen LogP contribution in [0.4, 0.5) is 5.69 Å². The van der Waals surface area contributed by atoms with Crippen molar-refractivity contribution in [2.24, 2.45) is 0 Å². The van der Waals surface area contributed by atoms with Gasteiger partial charge in [-0.3, -0.25) is 4.79 Å². The molecule has 0 saturated heterocycles. The van der Waals surface area contributed by atoms with Crippen LogP contribution >= 0.6 is 27.5 Å². The molecule has 0 aliphatic rings.